The highest BCUT2D eigenvalue weighted by molar-refractivity contribution is 5.21. The quantitative estimate of drug-likeness (QED) is 0.841. The van der Waals surface area contributed by atoms with Gasteiger partial charge in [0.1, 0.15) is 11.9 Å². The maximum atomic E-state index is 5.89. The summed E-state index contributed by atoms with van der Waals surface area (Å²) in [4.78, 5) is 0. The zero-order valence-electron chi connectivity index (χ0n) is 9.69. The zero-order valence-corrected chi connectivity index (χ0v) is 9.69. The number of para-hydroxylation sites is 1. The molecule has 1 aromatic carbocycles. The number of rotatable bonds is 4. The van der Waals surface area contributed by atoms with Crippen molar-refractivity contribution in [2.24, 2.45) is 0 Å². The van der Waals surface area contributed by atoms with Crippen LogP contribution in [0.4, 0.5) is 0 Å². The van der Waals surface area contributed by atoms with Crippen LogP contribution in [-0.4, -0.2) is 31.9 Å². The summed E-state index contributed by atoms with van der Waals surface area (Å²) in [6.07, 6.45) is 1.47. The molecule has 1 aliphatic rings. The van der Waals surface area contributed by atoms with Crippen LogP contribution in [0.15, 0.2) is 30.3 Å². The SMILES string of the molecule is CCO[C@@H]1CNC[C@@H](Oc2ccccc2)C1. The molecule has 1 heterocycles. The number of piperidine rings is 1. The molecule has 0 amide bonds. The van der Waals surface area contributed by atoms with Gasteiger partial charge in [0.05, 0.1) is 6.10 Å². The fourth-order valence-corrected chi connectivity index (χ4v) is 2.01. The number of hydrogen-bond donors (Lipinski definition) is 1. The first-order valence-electron chi connectivity index (χ1n) is 5.92. The average Bonchev–Trinajstić information content (AvgIpc) is 2.31. The predicted octanol–water partition coefficient (Wildman–Crippen LogP) is 1.83. The molecule has 0 aliphatic carbocycles. The van der Waals surface area contributed by atoms with Crippen LogP contribution >= 0.6 is 0 Å². The van der Waals surface area contributed by atoms with Crippen LogP contribution in [0.5, 0.6) is 5.75 Å². The van der Waals surface area contributed by atoms with E-state index in [-0.39, 0.29) is 12.2 Å². The van der Waals surface area contributed by atoms with Gasteiger partial charge >= 0.3 is 0 Å². The molecule has 16 heavy (non-hydrogen) atoms. The molecule has 3 nitrogen and oxygen atoms in total. The summed E-state index contributed by atoms with van der Waals surface area (Å²) in [5.41, 5.74) is 0. The Morgan fingerprint density at radius 2 is 1.94 bits per heavy atom. The molecule has 0 unspecified atom stereocenters. The molecule has 88 valence electrons. The van der Waals surface area contributed by atoms with Crippen LogP contribution in [-0.2, 0) is 4.74 Å². The van der Waals surface area contributed by atoms with Crippen LogP contribution in [0.2, 0.25) is 0 Å². The van der Waals surface area contributed by atoms with Gasteiger partial charge in [-0.25, -0.2) is 0 Å². The van der Waals surface area contributed by atoms with Crippen LogP contribution in [0.1, 0.15) is 13.3 Å². The molecule has 0 spiro atoms. The molecule has 0 saturated carbocycles. The molecule has 1 aliphatic heterocycles. The number of hydrogen-bond acceptors (Lipinski definition) is 3. The largest absolute Gasteiger partial charge is 0.489 e. The highest BCUT2D eigenvalue weighted by Gasteiger charge is 2.22. The van der Waals surface area contributed by atoms with Gasteiger partial charge in [0.2, 0.25) is 0 Å². The maximum absolute atomic E-state index is 5.89. The van der Waals surface area contributed by atoms with Gasteiger partial charge < -0.3 is 14.8 Å². The normalized spacial score (nSPS) is 25.3. The van der Waals surface area contributed by atoms with Crippen molar-refractivity contribution < 1.29 is 9.47 Å². The van der Waals surface area contributed by atoms with Gasteiger partial charge in [-0.05, 0) is 19.1 Å². The van der Waals surface area contributed by atoms with Crippen molar-refractivity contribution in [3.8, 4) is 5.75 Å². The van der Waals surface area contributed by atoms with E-state index in [0.717, 1.165) is 31.9 Å². The summed E-state index contributed by atoms with van der Waals surface area (Å²) in [7, 11) is 0. The molecule has 1 N–H and O–H groups in total. The lowest BCUT2D eigenvalue weighted by molar-refractivity contribution is 0.00838. The summed E-state index contributed by atoms with van der Waals surface area (Å²) >= 11 is 0. The fraction of sp³-hybridized carbons (Fsp3) is 0.538. The van der Waals surface area contributed by atoms with Crippen molar-refractivity contribution in [3.63, 3.8) is 0 Å². The summed E-state index contributed by atoms with van der Waals surface area (Å²) in [5.74, 6) is 0.937. The Hall–Kier alpha value is -1.06. The molecule has 3 heteroatoms. The number of ether oxygens (including phenoxy) is 2. The lowest BCUT2D eigenvalue weighted by atomic mass is 10.1. The molecule has 1 saturated heterocycles. The van der Waals surface area contributed by atoms with Crippen LogP contribution < -0.4 is 10.1 Å². The molecule has 0 bridgehead atoms. The predicted molar refractivity (Wildman–Crippen MR) is 63.8 cm³/mol. The Balaban J connectivity index is 1.85. The smallest absolute Gasteiger partial charge is 0.119 e. The summed E-state index contributed by atoms with van der Waals surface area (Å²) in [6.45, 7) is 4.63. The van der Waals surface area contributed by atoms with Gasteiger partial charge in [-0.3, -0.25) is 0 Å². The van der Waals surface area contributed by atoms with E-state index in [1.54, 1.807) is 0 Å². The minimum absolute atomic E-state index is 0.215. The maximum Gasteiger partial charge on any atom is 0.119 e. The van der Waals surface area contributed by atoms with Crippen molar-refractivity contribution in [1.82, 2.24) is 5.32 Å². The molecule has 2 atom stereocenters. The van der Waals surface area contributed by atoms with Crippen molar-refractivity contribution in [3.05, 3.63) is 30.3 Å². The third kappa shape index (κ3) is 3.22. The standard InChI is InChI=1S/C13H19NO2/c1-2-15-12-8-13(10-14-9-12)16-11-6-4-3-5-7-11/h3-7,12-14H,2,8-10H2,1H3/t12-,13-/m0/s1. The van der Waals surface area contributed by atoms with Crippen molar-refractivity contribution in [2.75, 3.05) is 19.7 Å². The van der Waals surface area contributed by atoms with Crippen molar-refractivity contribution >= 4 is 0 Å². The first-order chi connectivity index (χ1) is 7.88. The molecular weight excluding hydrogens is 202 g/mol. The molecule has 1 aromatic rings. The zero-order chi connectivity index (χ0) is 11.2. The molecule has 2 rings (SSSR count). The minimum Gasteiger partial charge on any atom is -0.489 e. The fourth-order valence-electron chi connectivity index (χ4n) is 2.01. The second kappa shape index (κ2) is 5.87. The highest BCUT2D eigenvalue weighted by atomic mass is 16.5. The van der Waals surface area contributed by atoms with Gasteiger partial charge in [-0.15, -0.1) is 0 Å². The van der Waals surface area contributed by atoms with Crippen molar-refractivity contribution in [2.45, 2.75) is 25.6 Å². The average molecular weight is 221 g/mol. The van der Waals surface area contributed by atoms with Gasteiger partial charge in [0.25, 0.3) is 0 Å². The Kier molecular flexibility index (Phi) is 4.19. The van der Waals surface area contributed by atoms with Crippen molar-refractivity contribution in [1.29, 1.82) is 0 Å². The van der Waals surface area contributed by atoms with Gasteiger partial charge in [-0.1, -0.05) is 18.2 Å². The molecule has 1 fully saturated rings. The summed E-state index contributed by atoms with van der Waals surface area (Å²) in [5, 5.41) is 3.34. The molecule has 0 radical (unpaired) electrons. The second-order valence-electron chi connectivity index (χ2n) is 4.02. The number of nitrogens with one attached hydrogen (secondary N) is 1. The van der Waals surface area contributed by atoms with E-state index in [0.29, 0.717) is 0 Å². The second-order valence-corrected chi connectivity index (χ2v) is 4.02. The van der Waals surface area contributed by atoms with E-state index in [1.807, 2.05) is 37.3 Å². The van der Waals surface area contributed by atoms with E-state index in [9.17, 15) is 0 Å². The third-order valence-corrected chi connectivity index (χ3v) is 2.72. The Bertz CT molecular complexity index is 300. The van der Waals surface area contributed by atoms with Crippen LogP contribution in [0, 0.1) is 0 Å². The van der Waals surface area contributed by atoms with Gasteiger partial charge in [0.15, 0.2) is 0 Å². The monoisotopic (exact) mass is 221 g/mol. The van der Waals surface area contributed by atoms with Crippen LogP contribution in [0.25, 0.3) is 0 Å². The first kappa shape index (κ1) is 11.4. The lowest BCUT2D eigenvalue weighted by Gasteiger charge is -2.30. The molecule has 0 aromatic heterocycles. The van der Waals surface area contributed by atoms with E-state index in [1.165, 1.54) is 0 Å². The molecular formula is C13H19NO2. The first-order valence-corrected chi connectivity index (χ1v) is 5.92. The van der Waals surface area contributed by atoms with E-state index in [2.05, 4.69) is 5.32 Å². The van der Waals surface area contributed by atoms with Gasteiger partial charge in [-0.2, -0.15) is 0 Å². The lowest BCUT2D eigenvalue weighted by Crippen LogP contribution is -2.45. The van der Waals surface area contributed by atoms with Crippen LogP contribution in [0.3, 0.4) is 0 Å². The van der Waals surface area contributed by atoms with E-state index < -0.39 is 0 Å². The van der Waals surface area contributed by atoms with E-state index in [4.69, 9.17) is 9.47 Å². The minimum atomic E-state index is 0.215. The van der Waals surface area contributed by atoms with E-state index >= 15 is 0 Å². The third-order valence-electron chi connectivity index (χ3n) is 2.72. The highest BCUT2D eigenvalue weighted by Crippen LogP contribution is 2.16. The number of benzene rings is 1. The Morgan fingerprint density at radius 1 is 1.19 bits per heavy atom. The topological polar surface area (TPSA) is 30.5 Å². The Morgan fingerprint density at radius 3 is 2.69 bits per heavy atom. The Labute approximate surface area is 96.8 Å². The summed E-state index contributed by atoms with van der Waals surface area (Å²) < 4.78 is 11.5. The van der Waals surface area contributed by atoms with Gasteiger partial charge in [0, 0.05) is 26.1 Å². The summed E-state index contributed by atoms with van der Waals surface area (Å²) in [6, 6.07) is 9.96.